The van der Waals surface area contributed by atoms with Crippen molar-refractivity contribution in [1.82, 2.24) is 19.8 Å². The predicted octanol–water partition coefficient (Wildman–Crippen LogP) is 0.271. The van der Waals surface area contributed by atoms with Gasteiger partial charge < -0.3 is 19.5 Å². The van der Waals surface area contributed by atoms with E-state index in [0.717, 1.165) is 25.4 Å². The maximum atomic E-state index is 12.8. The Morgan fingerprint density at radius 1 is 1.22 bits per heavy atom. The van der Waals surface area contributed by atoms with Crippen LogP contribution in [-0.2, 0) is 4.74 Å². The molecule has 0 aromatic carbocycles. The van der Waals surface area contributed by atoms with Gasteiger partial charge in [-0.3, -0.25) is 14.6 Å². The van der Waals surface area contributed by atoms with Gasteiger partial charge in [-0.1, -0.05) is 0 Å². The molecule has 1 aliphatic heterocycles. The lowest BCUT2D eigenvalue weighted by atomic mass is 9.77. The molecule has 1 aromatic rings. The number of aromatic nitrogens is 2. The number of H-pyrrole nitrogens is 2. The highest BCUT2D eigenvalue weighted by Gasteiger charge is 2.45. The van der Waals surface area contributed by atoms with Gasteiger partial charge in [0, 0.05) is 31.9 Å². The lowest BCUT2D eigenvalue weighted by Crippen LogP contribution is -2.48. The van der Waals surface area contributed by atoms with E-state index in [1.807, 2.05) is 0 Å². The van der Waals surface area contributed by atoms with E-state index in [9.17, 15) is 14.4 Å². The molecule has 1 saturated heterocycles. The first-order valence-corrected chi connectivity index (χ1v) is 9.81. The van der Waals surface area contributed by atoms with Crippen molar-refractivity contribution in [3.8, 4) is 0 Å². The van der Waals surface area contributed by atoms with E-state index in [4.69, 9.17) is 4.74 Å². The highest BCUT2D eigenvalue weighted by molar-refractivity contribution is 5.93. The summed E-state index contributed by atoms with van der Waals surface area (Å²) in [4.78, 5) is 44.4. The molecule has 27 heavy (non-hydrogen) atoms. The van der Waals surface area contributed by atoms with Crippen molar-refractivity contribution in [2.24, 2.45) is 17.8 Å². The molecule has 2 aliphatic carbocycles. The molecule has 4 atom stereocenters. The maximum Gasteiger partial charge on any atom is 0.325 e. The summed E-state index contributed by atoms with van der Waals surface area (Å²) < 4.78 is 6.26. The Bertz CT molecular complexity index is 812. The van der Waals surface area contributed by atoms with Gasteiger partial charge in [-0.15, -0.1) is 0 Å². The normalized spacial score (nSPS) is 30.6. The van der Waals surface area contributed by atoms with Gasteiger partial charge in [0.1, 0.15) is 5.56 Å². The summed E-state index contributed by atoms with van der Waals surface area (Å²) in [6.07, 6.45) is 5.93. The number of amides is 1. The zero-order chi connectivity index (χ0) is 19.1. The Labute approximate surface area is 157 Å². The third-order valence-corrected chi connectivity index (χ3v) is 6.33. The number of carbonyl (C=O) groups excluding carboxylic acids is 1. The van der Waals surface area contributed by atoms with Crippen LogP contribution in [0.1, 0.15) is 36.0 Å². The summed E-state index contributed by atoms with van der Waals surface area (Å²) in [5, 5.41) is 0. The number of nitrogens with one attached hydrogen (secondary N) is 2. The van der Waals surface area contributed by atoms with Gasteiger partial charge in [0.05, 0.1) is 6.10 Å². The number of hydrogen-bond donors (Lipinski definition) is 2. The second-order valence-corrected chi connectivity index (χ2v) is 8.53. The number of likely N-dealkylation sites (N-methyl/N-ethyl adjacent to an activating group) is 1. The van der Waals surface area contributed by atoms with Crippen LogP contribution in [0.3, 0.4) is 0 Å². The first kappa shape index (κ1) is 18.4. The minimum Gasteiger partial charge on any atom is -0.376 e. The Balaban J connectivity index is 1.45. The molecule has 1 amide bonds. The van der Waals surface area contributed by atoms with Crippen molar-refractivity contribution >= 4 is 5.91 Å². The molecule has 2 N–H and O–H groups in total. The second kappa shape index (κ2) is 7.24. The molecular formula is C19H28N4O4. The zero-order valence-corrected chi connectivity index (χ0v) is 15.9. The van der Waals surface area contributed by atoms with E-state index in [1.165, 1.54) is 19.0 Å². The third kappa shape index (κ3) is 3.87. The summed E-state index contributed by atoms with van der Waals surface area (Å²) in [5.41, 5.74) is -1.23. The van der Waals surface area contributed by atoms with Gasteiger partial charge in [-0.2, -0.15) is 0 Å². The number of likely N-dealkylation sites (tertiary alicyclic amines) is 1. The van der Waals surface area contributed by atoms with Crippen LogP contribution in [0.2, 0.25) is 0 Å². The van der Waals surface area contributed by atoms with Crippen LogP contribution in [0.25, 0.3) is 0 Å². The third-order valence-electron chi connectivity index (χ3n) is 6.33. The fraction of sp³-hybridized carbons (Fsp3) is 0.737. The van der Waals surface area contributed by atoms with Crippen LogP contribution in [0.15, 0.2) is 15.8 Å². The van der Waals surface area contributed by atoms with Crippen molar-refractivity contribution in [1.29, 1.82) is 0 Å². The number of hydrogen-bond acceptors (Lipinski definition) is 5. The molecule has 0 unspecified atom stereocenters. The van der Waals surface area contributed by atoms with Crippen LogP contribution in [0.5, 0.6) is 0 Å². The average molecular weight is 376 g/mol. The smallest absolute Gasteiger partial charge is 0.325 e. The number of carbonyl (C=O) groups is 1. The van der Waals surface area contributed by atoms with Crippen LogP contribution in [0, 0.1) is 17.8 Å². The molecule has 3 aliphatic rings. The molecule has 1 aromatic heterocycles. The molecule has 8 nitrogen and oxygen atoms in total. The fourth-order valence-electron chi connectivity index (χ4n) is 4.56. The molecule has 0 bridgehead atoms. The lowest BCUT2D eigenvalue weighted by molar-refractivity contribution is -0.0493. The summed E-state index contributed by atoms with van der Waals surface area (Å²) in [6.45, 7) is 2.15. The monoisotopic (exact) mass is 376 g/mol. The highest BCUT2D eigenvalue weighted by atomic mass is 16.5. The topological polar surface area (TPSA) is 98.5 Å². The first-order chi connectivity index (χ1) is 12.9. The predicted molar refractivity (Wildman–Crippen MR) is 99.7 cm³/mol. The molecule has 2 saturated carbocycles. The van der Waals surface area contributed by atoms with E-state index in [-0.39, 0.29) is 17.6 Å². The van der Waals surface area contributed by atoms with E-state index in [2.05, 4.69) is 29.0 Å². The lowest BCUT2D eigenvalue weighted by Gasteiger charge is -2.41. The Morgan fingerprint density at radius 3 is 2.56 bits per heavy atom. The van der Waals surface area contributed by atoms with E-state index >= 15 is 0 Å². The van der Waals surface area contributed by atoms with Gasteiger partial charge in [0.25, 0.3) is 11.5 Å². The molecule has 8 heteroatoms. The largest absolute Gasteiger partial charge is 0.376 e. The summed E-state index contributed by atoms with van der Waals surface area (Å²) in [7, 11) is 4.19. The van der Waals surface area contributed by atoms with Crippen molar-refractivity contribution in [3.63, 3.8) is 0 Å². The first-order valence-electron chi connectivity index (χ1n) is 9.81. The maximum absolute atomic E-state index is 12.8. The Hall–Kier alpha value is -1.93. The van der Waals surface area contributed by atoms with Crippen molar-refractivity contribution in [3.05, 3.63) is 32.6 Å². The second-order valence-electron chi connectivity index (χ2n) is 8.53. The van der Waals surface area contributed by atoms with E-state index in [1.54, 1.807) is 4.90 Å². The molecule has 0 spiro atoms. The summed E-state index contributed by atoms with van der Waals surface area (Å²) in [5.74, 6) is 1.25. The van der Waals surface area contributed by atoms with E-state index in [0.29, 0.717) is 31.0 Å². The number of aromatic amines is 2. The molecular weight excluding hydrogens is 348 g/mol. The van der Waals surface area contributed by atoms with Crippen molar-refractivity contribution in [2.45, 2.75) is 37.8 Å². The highest BCUT2D eigenvalue weighted by Crippen LogP contribution is 2.40. The van der Waals surface area contributed by atoms with Gasteiger partial charge in [-0.25, -0.2) is 4.79 Å². The minimum atomic E-state index is -0.629. The van der Waals surface area contributed by atoms with Crippen LogP contribution in [0.4, 0.5) is 0 Å². The van der Waals surface area contributed by atoms with Crippen molar-refractivity contribution < 1.29 is 9.53 Å². The molecule has 4 rings (SSSR count). The Morgan fingerprint density at radius 2 is 1.93 bits per heavy atom. The molecule has 2 heterocycles. The summed E-state index contributed by atoms with van der Waals surface area (Å²) in [6, 6.07) is 0.358. The summed E-state index contributed by atoms with van der Waals surface area (Å²) >= 11 is 0. The molecule has 3 fully saturated rings. The fourth-order valence-corrected chi connectivity index (χ4v) is 4.56. The van der Waals surface area contributed by atoms with Gasteiger partial charge in [0.15, 0.2) is 0 Å². The van der Waals surface area contributed by atoms with Crippen molar-refractivity contribution in [2.75, 3.05) is 33.8 Å². The van der Waals surface area contributed by atoms with Gasteiger partial charge >= 0.3 is 5.69 Å². The minimum absolute atomic E-state index is 0.000982. The SMILES string of the molecule is CN(C)[C@@H]1C[C@@H]2CN(C(=O)c3c[nH]c(=O)[nH]c3=O)C[C@@H]2C[C@H]1OCC1CC1. The standard InChI is InChI=1S/C19H28N4O4/c1-22(2)15-5-12-8-23(18(25)14-7-20-19(26)21-17(14)24)9-13(12)6-16(15)27-10-11-3-4-11/h7,11-13,15-16H,3-6,8-10H2,1-2H3,(H2,20,21,24,26)/t12-,13+,15-,16-/m1/s1. The van der Waals surface area contributed by atoms with Crippen LogP contribution in [-0.4, -0.2) is 71.6 Å². The number of nitrogens with zero attached hydrogens (tertiary/aromatic N) is 2. The number of ether oxygens (including phenoxy) is 1. The van der Waals surface area contributed by atoms with Gasteiger partial charge in [-0.05, 0) is 57.5 Å². The Kier molecular flexibility index (Phi) is 4.94. The zero-order valence-electron chi connectivity index (χ0n) is 15.9. The van der Waals surface area contributed by atoms with Crippen LogP contribution < -0.4 is 11.2 Å². The molecule has 0 radical (unpaired) electrons. The van der Waals surface area contributed by atoms with Crippen LogP contribution >= 0.6 is 0 Å². The van der Waals surface area contributed by atoms with E-state index < -0.39 is 11.2 Å². The number of rotatable bonds is 5. The quantitative estimate of drug-likeness (QED) is 0.769. The van der Waals surface area contributed by atoms with Gasteiger partial charge in [0.2, 0.25) is 0 Å². The molecule has 148 valence electrons. The number of fused-ring (bicyclic) bond motifs is 1. The average Bonchev–Trinajstić information content (AvgIpc) is 3.35.